The predicted octanol–water partition coefficient (Wildman–Crippen LogP) is 9.72. The number of ether oxygens (including phenoxy) is 1. The normalized spacial score (nSPS) is 26.4. The van der Waals surface area contributed by atoms with Gasteiger partial charge >= 0.3 is 8.56 Å². The van der Waals surface area contributed by atoms with Gasteiger partial charge in [0.2, 0.25) is 8.32 Å². The molecule has 0 aliphatic carbocycles. The maximum atomic E-state index is 12.3. The SMILES string of the molecule is CCc1ccc(Cc2ccc([C@@H]3O[C@@H]4CO[Si](C(C)(C)C)(C(C)(C)C)O[C@H]4[C@H](O[Si](C(C)C)(C(C)C)C(C)C)[C@H]3O)s2)cc1. The van der Waals surface area contributed by atoms with Gasteiger partial charge in [0.1, 0.15) is 30.5 Å². The van der Waals surface area contributed by atoms with Crippen LogP contribution in [-0.2, 0) is 30.9 Å². The Hall–Kier alpha value is -0.846. The number of aryl methyl sites for hydroxylation is 1. The molecule has 4 rings (SSSR count). The van der Waals surface area contributed by atoms with Crippen LogP contribution in [0.4, 0.5) is 0 Å². The van der Waals surface area contributed by atoms with Gasteiger partial charge in [-0.05, 0) is 46.3 Å². The van der Waals surface area contributed by atoms with Gasteiger partial charge in [0.05, 0.1) is 6.61 Å². The van der Waals surface area contributed by atoms with E-state index in [9.17, 15) is 5.11 Å². The summed E-state index contributed by atoms with van der Waals surface area (Å²) >= 11 is 1.73. The topological polar surface area (TPSA) is 57.2 Å². The van der Waals surface area contributed by atoms with E-state index < -0.39 is 35.2 Å². The van der Waals surface area contributed by atoms with Gasteiger partial charge in [-0.25, -0.2) is 0 Å². The van der Waals surface area contributed by atoms with Crippen molar-refractivity contribution in [2.45, 2.75) is 160 Å². The van der Waals surface area contributed by atoms with E-state index in [0.717, 1.165) is 17.7 Å². The molecule has 1 aromatic heterocycles. The standard InChI is InChI=1S/C36H60O5SSi2/c1-14-26-15-17-27(18-16-26)21-28-19-20-30(42-28)33-31(37)34(40-43(23(2)3,24(4)5)25(6)7)32-29(39-33)22-38-44(41-32,35(8,9)10)36(11,12)13/h15-20,23-25,29,31-34,37H,14,21-22H2,1-13H3/t29-,31+,32-,33+,34-/m1/s1. The highest BCUT2D eigenvalue weighted by molar-refractivity contribution is 7.12. The Bertz CT molecular complexity index is 1190. The highest BCUT2D eigenvalue weighted by Crippen LogP contribution is 2.56. The van der Waals surface area contributed by atoms with Crippen LogP contribution >= 0.6 is 11.3 Å². The van der Waals surface area contributed by atoms with Crippen LogP contribution in [0.5, 0.6) is 0 Å². The lowest BCUT2D eigenvalue weighted by molar-refractivity contribution is -0.242. The average Bonchev–Trinajstić information content (AvgIpc) is 3.38. The molecule has 5 atom stereocenters. The second kappa shape index (κ2) is 13.3. The van der Waals surface area contributed by atoms with E-state index in [1.54, 1.807) is 11.3 Å². The minimum absolute atomic E-state index is 0.177. The van der Waals surface area contributed by atoms with Crippen molar-refractivity contribution >= 4 is 28.2 Å². The van der Waals surface area contributed by atoms with Gasteiger partial charge in [0.15, 0.2) is 0 Å². The Morgan fingerprint density at radius 1 is 0.886 bits per heavy atom. The van der Waals surface area contributed by atoms with Crippen LogP contribution in [0.1, 0.15) is 117 Å². The molecule has 248 valence electrons. The maximum Gasteiger partial charge on any atom is 0.349 e. The number of benzene rings is 1. The van der Waals surface area contributed by atoms with Crippen molar-refractivity contribution in [2.75, 3.05) is 6.61 Å². The third-order valence-electron chi connectivity index (χ3n) is 10.2. The summed E-state index contributed by atoms with van der Waals surface area (Å²) in [6.07, 6.45) is -0.631. The van der Waals surface area contributed by atoms with Crippen LogP contribution in [0.2, 0.25) is 26.7 Å². The van der Waals surface area contributed by atoms with E-state index >= 15 is 0 Å². The van der Waals surface area contributed by atoms with Crippen LogP contribution in [-0.4, -0.2) is 53.0 Å². The molecule has 44 heavy (non-hydrogen) atoms. The van der Waals surface area contributed by atoms with E-state index in [4.69, 9.17) is 18.0 Å². The van der Waals surface area contributed by atoms with Crippen LogP contribution in [0.15, 0.2) is 36.4 Å². The molecule has 2 aromatic rings. The second-order valence-electron chi connectivity index (χ2n) is 16.1. The first-order valence-electron chi connectivity index (χ1n) is 16.9. The predicted molar refractivity (Wildman–Crippen MR) is 188 cm³/mol. The summed E-state index contributed by atoms with van der Waals surface area (Å²) in [5.74, 6) is 0. The number of aliphatic hydroxyl groups is 1. The van der Waals surface area contributed by atoms with E-state index in [1.165, 1.54) is 16.0 Å². The minimum atomic E-state index is -2.82. The molecule has 2 fully saturated rings. The molecule has 1 N–H and O–H groups in total. The summed E-state index contributed by atoms with van der Waals surface area (Å²) in [6, 6.07) is 13.2. The van der Waals surface area contributed by atoms with E-state index in [1.807, 2.05) is 0 Å². The molecule has 0 saturated carbocycles. The highest BCUT2D eigenvalue weighted by Gasteiger charge is 2.65. The van der Waals surface area contributed by atoms with Crippen LogP contribution < -0.4 is 0 Å². The van der Waals surface area contributed by atoms with Crippen molar-refractivity contribution in [2.24, 2.45) is 0 Å². The first kappa shape index (κ1) is 36.0. The number of aliphatic hydroxyl groups excluding tert-OH is 1. The van der Waals surface area contributed by atoms with Crippen LogP contribution in [0.3, 0.4) is 0 Å². The molecule has 0 spiro atoms. The van der Waals surface area contributed by atoms with E-state index in [0.29, 0.717) is 23.2 Å². The molecule has 2 aliphatic heterocycles. The smallest absolute Gasteiger partial charge is 0.349 e. The van der Waals surface area contributed by atoms with Gasteiger partial charge in [-0.3, -0.25) is 0 Å². The zero-order valence-electron chi connectivity index (χ0n) is 29.7. The van der Waals surface area contributed by atoms with E-state index in [-0.39, 0.29) is 22.3 Å². The number of hydrogen-bond donors (Lipinski definition) is 1. The van der Waals surface area contributed by atoms with E-state index in [2.05, 4.69) is 126 Å². The Kier molecular flexibility index (Phi) is 10.9. The first-order valence-corrected chi connectivity index (χ1v) is 21.6. The first-order chi connectivity index (χ1) is 20.4. The molecule has 5 nitrogen and oxygen atoms in total. The lowest BCUT2D eigenvalue weighted by Gasteiger charge is -2.59. The van der Waals surface area contributed by atoms with Crippen LogP contribution in [0, 0.1) is 0 Å². The molecular formula is C36H60O5SSi2. The maximum absolute atomic E-state index is 12.3. The Balaban J connectivity index is 1.73. The lowest BCUT2D eigenvalue weighted by Crippen LogP contribution is -2.71. The van der Waals surface area contributed by atoms with Gasteiger partial charge in [-0.1, -0.05) is 114 Å². The quantitative estimate of drug-likeness (QED) is 0.272. The summed E-state index contributed by atoms with van der Waals surface area (Å²) in [5.41, 5.74) is 3.80. The van der Waals surface area contributed by atoms with Gasteiger partial charge in [0, 0.05) is 26.3 Å². The highest BCUT2D eigenvalue weighted by atomic mass is 32.1. The zero-order chi connectivity index (χ0) is 32.8. The summed E-state index contributed by atoms with van der Waals surface area (Å²) in [7, 11) is -5.20. The van der Waals surface area contributed by atoms with Crippen molar-refractivity contribution in [1.29, 1.82) is 0 Å². The molecule has 0 unspecified atom stereocenters. The summed E-state index contributed by atoms with van der Waals surface area (Å²) in [5, 5.41) is 12.0. The molecule has 0 amide bonds. The summed E-state index contributed by atoms with van der Waals surface area (Å²) < 4.78 is 28.5. The lowest BCUT2D eigenvalue weighted by atomic mass is 9.94. The fourth-order valence-corrected chi connectivity index (χ4v) is 19.9. The number of fused-ring (bicyclic) bond motifs is 1. The van der Waals surface area contributed by atoms with Crippen molar-refractivity contribution in [1.82, 2.24) is 0 Å². The monoisotopic (exact) mass is 660 g/mol. The number of hydrogen-bond acceptors (Lipinski definition) is 6. The van der Waals surface area contributed by atoms with Crippen LogP contribution in [0.25, 0.3) is 0 Å². The molecule has 0 bridgehead atoms. The molecule has 2 aliphatic rings. The van der Waals surface area contributed by atoms with Gasteiger partial charge in [-0.15, -0.1) is 11.3 Å². The molecule has 3 heterocycles. The second-order valence-corrected chi connectivity index (χ2v) is 27.5. The largest absolute Gasteiger partial charge is 0.408 e. The third kappa shape index (κ3) is 6.61. The van der Waals surface area contributed by atoms with Crippen molar-refractivity contribution < 1.29 is 23.1 Å². The molecule has 1 aromatic carbocycles. The Morgan fingerprint density at radius 3 is 1.93 bits per heavy atom. The Labute approximate surface area is 274 Å². The summed E-state index contributed by atoms with van der Waals surface area (Å²) in [4.78, 5) is 2.30. The van der Waals surface area contributed by atoms with Crippen molar-refractivity contribution in [3.8, 4) is 0 Å². The molecule has 8 heteroatoms. The van der Waals surface area contributed by atoms with Crippen molar-refractivity contribution in [3.05, 3.63) is 57.3 Å². The third-order valence-corrected chi connectivity index (χ3v) is 22.6. The average molecular weight is 661 g/mol. The Morgan fingerprint density at radius 2 is 1.43 bits per heavy atom. The molecular weight excluding hydrogens is 601 g/mol. The van der Waals surface area contributed by atoms with Gasteiger partial charge in [0.25, 0.3) is 0 Å². The number of thiophene rings is 1. The summed E-state index contributed by atoms with van der Waals surface area (Å²) in [6.45, 7) is 29.9. The zero-order valence-corrected chi connectivity index (χ0v) is 32.5. The van der Waals surface area contributed by atoms with Gasteiger partial charge in [-0.2, -0.15) is 0 Å². The van der Waals surface area contributed by atoms with Gasteiger partial charge < -0.3 is 23.1 Å². The minimum Gasteiger partial charge on any atom is -0.408 e. The van der Waals surface area contributed by atoms with Crippen molar-refractivity contribution in [3.63, 3.8) is 0 Å². The molecule has 0 radical (unpaired) electrons. The number of rotatable bonds is 9. The fourth-order valence-electron chi connectivity index (χ4n) is 8.29. The fraction of sp³-hybridized carbons (Fsp3) is 0.722. The molecule has 2 saturated heterocycles.